The highest BCUT2D eigenvalue weighted by Crippen LogP contribution is 2.36. The molecule has 2 amide bonds. The molecule has 0 radical (unpaired) electrons. The van der Waals surface area contributed by atoms with Crippen molar-refractivity contribution >= 4 is 40.3 Å². The first-order valence-corrected chi connectivity index (χ1v) is 12.1. The summed E-state index contributed by atoms with van der Waals surface area (Å²) in [6.07, 6.45) is 12.2. The lowest BCUT2D eigenvalue weighted by Crippen LogP contribution is -2.37. The van der Waals surface area contributed by atoms with Gasteiger partial charge in [0.25, 0.3) is 0 Å². The van der Waals surface area contributed by atoms with Gasteiger partial charge in [-0.05, 0) is 84.9 Å². The lowest BCUT2D eigenvalue weighted by Gasteiger charge is -2.11. The van der Waals surface area contributed by atoms with Crippen LogP contribution in [0.3, 0.4) is 0 Å². The molecular formula is C27H29N7O2. The van der Waals surface area contributed by atoms with E-state index in [1.807, 2.05) is 31.3 Å². The predicted molar refractivity (Wildman–Crippen MR) is 140 cm³/mol. The van der Waals surface area contributed by atoms with Crippen LogP contribution in [-0.4, -0.2) is 40.1 Å². The number of anilines is 2. The third-order valence-electron chi connectivity index (χ3n) is 6.67. The first-order chi connectivity index (χ1) is 17.4. The number of pyridine rings is 2. The van der Waals surface area contributed by atoms with Gasteiger partial charge in [0.05, 0.1) is 0 Å². The molecule has 6 N–H and O–H groups in total. The summed E-state index contributed by atoms with van der Waals surface area (Å²) in [5.74, 6) is -0.959. The fraction of sp³-hybridized carbons (Fsp3) is 0.296. The lowest BCUT2D eigenvalue weighted by molar-refractivity contribution is -0.136. The number of nitrogens with one attached hydrogen (secondary N) is 4. The zero-order valence-electron chi connectivity index (χ0n) is 20.0. The summed E-state index contributed by atoms with van der Waals surface area (Å²) < 4.78 is 0. The Hall–Kier alpha value is -4.27. The summed E-state index contributed by atoms with van der Waals surface area (Å²) in [7, 11) is 0. The minimum Gasteiger partial charge on any atom is -0.398 e. The molecule has 0 bridgehead atoms. The van der Waals surface area contributed by atoms with Crippen LogP contribution in [0.1, 0.15) is 31.2 Å². The van der Waals surface area contributed by atoms with Gasteiger partial charge in [-0.15, -0.1) is 0 Å². The molecule has 2 atom stereocenters. The maximum atomic E-state index is 12.5. The van der Waals surface area contributed by atoms with E-state index >= 15 is 0 Å². The number of nitrogens with zero attached hydrogens (tertiary/aromatic N) is 2. The van der Waals surface area contributed by atoms with Gasteiger partial charge in [-0.2, -0.15) is 0 Å². The predicted octanol–water partition coefficient (Wildman–Crippen LogP) is 3.31. The molecule has 9 heteroatoms. The van der Waals surface area contributed by atoms with Crippen LogP contribution in [0.25, 0.3) is 21.9 Å². The van der Waals surface area contributed by atoms with Crippen molar-refractivity contribution in [3.63, 3.8) is 0 Å². The van der Waals surface area contributed by atoms with E-state index in [0.717, 1.165) is 39.5 Å². The third-order valence-corrected chi connectivity index (χ3v) is 6.67. The van der Waals surface area contributed by atoms with Gasteiger partial charge in [0.2, 0.25) is 0 Å². The number of aromatic nitrogens is 2. The largest absolute Gasteiger partial charge is 0.398 e. The molecule has 5 rings (SSSR count). The summed E-state index contributed by atoms with van der Waals surface area (Å²) in [6.45, 7) is 2.01. The van der Waals surface area contributed by atoms with Crippen molar-refractivity contribution in [2.45, 2.75) is 44.7 Å². The molecule has 2 aliphatic carbocycles. The molecule has 2 heterocycles. The number of carbonyl (C=O) groups excluding carboxylic acids is 2. The number of hydrogen-bond donors (Lipinski definition) is 5. The van der Waals surface area contributed by atoms with Crippen LogP contribution in [0.4, 0.5) is 11.5 Å². The molecule has 3 aromatic rings. The Kier molecular flexibility index (Phi) is 6.37. The molecule has 2 aromatic heterocycles. The number of hydrogen-bond acceptors (Lipinski definition) is 7. The van der Waals surface area contributed by atoms with Crippen LogP contribution in [0.5, 0.6) is 0 Å². The van der Waals surface area contributed by atoms with E-state index in [9.17, 15) is 9.59 Å². The van der Waals surface area contributed by atoms with E-state index in [-0.39, 0.29) is 17.8 Å². The molecule has 1 aromatic carbocycles. The summed E-state index contributed by atoms with van der Waals surface area (Å²) in [6, 6.07) is 7.96. The van der Waals surface area contributed by atoms with Gasteiger partial charge < -0.3 is 27.1 Å². The minimum atomic E-state index is -0.766. The van der Waals surface area contributed by atoms with E-state index in [0.29, 0.717) is 18.2 Å². The van der Waals surface area contributed by atoms with Crippen molar-refractivity contribution in [3.05, 3.63) is 60.2 Å². The second-order valence-corrected chi connectivity index (χ2v) is 9.59. The standard InChI is InChI=1S/C27H29N7O2/c1-15-4-5-30-13-21(15)17-7-18-10-25(32-14-22(18)23(29)8-17)34-27(36)26(35)33-24-9-19(24)6-16(11-28)12-31-20-2-3-20/h4-5,7-8,10-14,19-20,24,28,31H,2-3,6,9,29H2,1H3,(H,33,35)(H,32,34,36)/b16-12-,28-11?. The van der Waals surface area contributed by atoms with Gasteiger partial charge in [-0.3, -0.25) is 14.6 Å². The summed E-state index contributed by atoms with van der Waals surface area (Å²) >= 11 is 0. The first kappa shape index (κ1) is 23.5. The Morgan fingerprint density at radius 2 is 2.03 bits per heavy atom. The molecular weight excluding hydrogens is 454 g/mol. The quantitative estimate of drug-likeness (QED) is 0.189. The fourth-order valence-corrected chi connectivity index (χ4v) is 4.27. The number of amides is 2. The number of fused-ring (bicyclic) bond motifs is 1. The lowest BCUT2D eigenvalue weighted by atomic mass is 9.99. The fourth-order valence-electron chi connectivity index (χ4n) is 4.27. The molecule has 2 fully saturated rings. The Balaban J connectivity index is 1.22. The van der Waals surface area contributed by atoms with Crippen LogP contribution in [0, 0.1) is 18.3 Å². The average molecular weight is 484 g/mol. The zero-order chi connectivity index (χ0) is 25.2. The summed E-state index contributed by atoms with van der Waals surface area (Å²) in [5.41, 5.74) is 10.7. The summed E-state index contributed by atoms with van der Waals surface area (Å²) in [4.78, 5) is 33.5. The SMILES string of the molecule is Cc1ccncc1-c1cc(N)c2cnc(NC(=O)C(=O)NC3CC3C/C(C=N)=C/NC3CC3)cc2c1. The van der Waals surface area contributed by atoms with Crippen LogP contribution in [-0.2, 0) is 9.59 Å². The second-order valence-electron chi connectivity index (χ2n) is 9.59. The number of nitrogens with two attached hydrogens (primary N) is 1. The van der Waals surface area contributed by atoms with Crippen molar-refractivity contribution in [1.82, 2.24) is 20.6 Å². The Labute approximate surface area is 209 Å². The molecule has 36 heavy (non-hydrogen) atoms. The Morgan fingerprint density at radius 3 is 2.78 bits per heavy atom. The van der Waals surface area contributed by atoms with Gasteiger partial charge in [0, 0.05) is 59.7 Å². The van der Waals surface area contributed by atoms with Crippen LogP contribution in [0.15, 0.2) is 54.6 Å². The van der Waals surface area contributed by atoms with Crippen molar-refractivity contribution in [1.29, 1.82) is 5.41 Å². The van der Waals surface area contributed by atoms with Gasteiger partial charge in [-0.25, -0.2) is 4.98 Å². The number of nitrogen functional groups attached to an aromatic ring is 1. The van der Waals surface area contributed by atoms with E-state index in [1.165, 1.54) is 19.1 Å². The van der Waals surface area contributed by atoms with Gasteiger partial charge in [0.1, 0.15) is 5.82 Å². The molecule has 2 saturated carbocycles. The average Bonchev–Trinajstić information content (AvgIpc) is 3.79. The third kappa shape index (κ3) is 5.35. The van der Waals surface area contributed by atoms with Gasteiger partial charge in [0.15, 0.2) is 0 Å². The molecule has 2 aliphatic rings. The number of allylic oxidation sites excluding steroid dienone is 1. The normalized spacial score (nSPS) is 19.0. The van der Waals surface area contributed by atoms with Crippen molar-refractivity contribution < 1.29 is 9.59 Å². The minimum absolute atomic E-state index is 0.0674. The van der Waals surface area contributed by atoms with Crippen molar-refractivity contribution in [2.24, 2.45) is 5.92 Å². The van der Waals surface area contributed by atoms with E-state index < -0.39 is 11.8 Å². The molecule has 0 saturated heterocycles. The highest BCUT2D eigenvalue weighted by molar-refractivity contribution is 6.39. The molecule has 0 spiro atoms. The number of aryl methyl sites for hydroxylation is 1. The molecule has 0 aliphatic heterocycles. The number of rotatable bonds is 8. The maximum absolute atomic E-state index is 12.5. The smallest absolute Gasteiger partial charge is 0.314 e. The first-order valence-electron chi connectivity index (χ1n) is 12.1. The Morgan fingerprint density at radius 1 is 1.19 bits per heavy atom. The summed E-state index contributed by atoms with van der Waals surface area (Å²) in [5, 5.41) is 17.8. The topological polar surface area (TPSA) is 146 Å². The van der Waals surface area contributed by atoms with E-state index in [1.54, 1.807) is 24.7 Å². The van der Waals surface area contributed by atoms with Crippen LogP contribution >= 0.6 is 0 Å². The van der Waals surface area contributed by atoms with Crippen LogP contribution < -0.4 is 21.7 Å². The number of benzene rings is 1. The zero-order valence-corrected chi connectivity index (χ0v) is 20.0. The molecule has 9 nitrogen and oxygen atoms in total. The van der Waals surface area contributed by atoms with E-state index in [4.69, 9.17) is 11.1 Å². The van der Waals surface area contributed by atoms with Crippen LogP contribution in [0.2, 0.25) is 0 Å². The van der Waals surface area contributed by atoms with Crippen molar-refractivity contribution in [2.75, 3.05) is 11.1 Å². The van der Waals surface area contributed by atoms with Crippen molar-refractivity contribution in [3.8, 4) is 11.1 Å². The maximum Gasteiger partial charge on any atom is 0.314 e. The van der Waals surface area contributed by atoms with E-state index in [2.05, 4.69) is 25.9 Å². The second kappa shape index (κ2) is 9.77. The molecule has 2 unspecified atom stereocenters. The highest BCUT2D eigenvalue weighted by atomic mass is 16.2. The molecule has 184 valence electrons. The highest BCUT2D eigenvalue weighted by Gasteiger charge is 2.39. The van der Waals surface area contributed by atoms with Gasteiger partial charge >= 0.3 is 11.8 Å². The van der Waals surface area contributed by atoms with Gasteiger partial charge in [-0.1, -0.05) is 0 Å². The monoisotopic (exact) mass is 483 g/mol. The number of carbonyl (C=O) groups is 2. The Bertz CT molecular complexity index is 1380.